The van der Waals surface area contributed by atoms with Gasteiger partial charge < -0.3 is 9.47 Å². The van der Waals surface area contributed by atoms with Gasteiger partial charge in [0.05, 0.1) is 14.2 Å². The zero-order chi connectivity index (χ0) is 16.1. The van der Waals surface area contributed by atoms with E-state index in [4.69, 9.17) is 9.47 Å². The van der Waals surface area contributed by atoms with Crippen molar-refractivity contribution in [1.29, 1.82) is 0 Å². The maximum Gasteiger partial charge on any atom is 0.343 e. The quantitative estimate of drug-likeness (QED) is 0.739. The number of hydrogen-bond donors (Lipinski definition) is 1. The first-order chi connectivity index (χ1) is 10.6. The summed E-state index contributed by atoms with van der Waals surface area (Å²) < 4.78 is 13.2. The second-order valence-corrected chi connectivity index (χ2v) is 6.35. The third kappa shape index (κ3) is 3.67. The van der Waals surface area contributed by atoms with E-state index in [9.17, 15) is 4.79 Å². The van der Waals surface area contributed by atoms with Crippen molar-refractivity contribution in [2.75, 3.05) is 14.2 Å². The van der Waals surface area contributed by atoms with Crippen LogP contribution in [-0.2, 0) is 12.3 Å². The Balaban J connectivity index is 2.20. The Morgan fingerprint density at radius 3 is 2.64 bits per heavy atom. The van der Waals surface area contributed by atoms with Gasteiger partial charge in [0.1, 0.15) is 0 Å². The SMILES string of the molecule is CCCn1c(SCc2cc(OC)c(OC)cc2Br)n[nH]c1=O. The molecule has 0 saturated carbocycles. The van der Waals surface area contributed by atoms with Gasteiger partial charge >= 0.3 is 5.69 Å². The molecule has 0 saturated heterocycles. The minimum absolute atomic E-state index is 0.171. The van der Waals surface area contributed by atoms with Gasteiger partial charge in [-0.15, -0.1) is 5.10 Å². The molecule has 1 N–H and O–H groups in total. The molecule has 2 rings (SSSR count). The van der Waals surface area contributed by atoms with Crippen molar-refractivity contribution >= 4 is 27.7 Å². The van der Waals surface area contributed by atoms with E-state index >= 15 is 0 Å². The van der Waals surface area contributed by atoms with Gasteiger partial charge in [-0.3, -0.25) is 4.57 Å². The van der Waals surface area contributed by atoms with Crippen LogP contribution in [0.15, 0.2) is 26.6 Å². The van der Waals surface area contributed by atoms with Gasteiger partial charge in [0, 0.05) is 16.8 Å². The maximum absolute atomic E-state index is 11.7. The van der Waals surface area contributed by atoms with E-state index < -0.39 is 0 Å². The molecule has 0 bridgehead atoms. The van der Waals surface area contributed by atoms with Gasteiger partial charge in [0.25, 0.3) is 0 Å². The number of aromatic amines is 1. The molecule has 0 amide bonds. The van der Waals surface area contributed by atoms with E-state index in [0.29, 0.717) is 29.0 Å². The number of ether oxygens (including phenoxy) is 2. The zero-order valence-electron chi connectivity index (χ0n) is 12.7. The topological polar surface area (TPSA) is 69.1 Å². The van der Waals surface area contributed by atoms with Gasteiger partial charge in [0.15, 0.2) is 16.7 Å². The molecule has 22 heavy (non-hydrogen) atoms. The van der Waals surface area contributed by atoms with E-state index in [0.717, 1.165) is 16.5 Å². The monoisotopic (exact) mass is 387 g/mol. The molecule has 0 aliphatic rings. The molecule has 0 unspecified atom stereocenters. The van der Waals surface area contributed by atoms with Gasteiger partial charge in [-0.1, -0.05) is 34.6 Å². The predicted molar refractivity (Wildman–Crippen MR) is 89.9 cm³/mol. The van der Waals surface area contributed by atoms with E-state index in [1.807, 2.05) is 19.1 Å². The van der Waals surface area contributed by atoms with Gasteiger partial charge in [-0.05, 0) is 24.1 Å². The lowest BCUT2D eigenvalue weighted by Crippen LogP contribution is -2.17. The molecule has 1 aromatic heterocycles. The van der Waals surface area contributed by atoms with E-state index in [-0.39, 0.29) is 5.69 Å². The number of aromatic nitrogens is 3. The first-order valence-corrected chi connectivity index (χ1v) is 8.57. The molecule has 1 aromatic carbocycles. The number of thioether (sulfide) groups is 1. The molecule has 0 spiro atoms. The number of nitrogens with one attached hydrogen (secondary N) is 1. The molecule has 0 fully saturated rings. The highest BCUT2D eigenvalue weighted by molar-refractivity contribution is 9.10. The van der Waals surface area contributed by atoms with Crippen LogP contribution >= 0.6 is 27.7 Å². The van der Waals surface area contributed by atoms with Crippen LogP contribution in [0.3, 0.4) is 0 Å². The summed E-state index contributed by atoms with van der Waals surface area (Å²) in [4.78, 5) is 11.7. The Bertz CT molecular complexity index is 699. The van der Waals surface area contributed by atoms with Crippen LogP contribution in [-0.4, -0.2) is 29.0 Å². The van der Waals surface area contributed by atoms with Crippen LogP contribution in [0.4, 0.5) is 0 Å². The molecule has 6 nitrogen and oxygen atoms in total. The number of methoxy groups -OCH3 is 2. The molecule has 8 heteroatoms. The van der Waals surface area contributed by atoms with Crippen molar-refractivity contribution in [1.82, 2.24) is 14.8 Å². The second kappa shape index (κ2) is 7.73. The standard InChI is InChI=1S/C14H18BrN3O3S/c1-4-5-18-13(19)16-17-14(18)22-8-9-6-11(20-2)12(21-3)7-10(9)15/h6-7H,4-5,8H2,1-3H3,(H,16,19). The zero-order valence-corrected chi connectivity index (χ0v) is 15.1. The number of rotatable bonds is 7. The minimum atomic E-state index is -0.171. The first-order valence-electron chi connectivity index (χ1n) is 6.79. The van der Waals surface area contributed by atoms with Gasteiger partial charge in [0.2, 0.25) is 0 Å². The highest BCUT2D eigenvalue weighted by atomic mass is 79.9. The first kappa shape index (κ1) is 17.0. The van der Waals surface area contributed by atoms with Gasteiger partial charge in [-0.25, -0.2) is 9.89 Å². The van der Waals surface area contributed by atoms with Crippen LogP contribution in [0, 0.1) is 0 Å². The summed E-state index contributed by atoms with van der Waals surface area (Å²) >= 11 is 5.04. The summed E-state index contributed by atoms with van der Waals surface area (Å²) in [6.45, 7) is 2.68. The third-order valence-electron chi connectivity index (χ3n) is 3.08. The molecule has 0 aliphatic heterocycles. The molecule has 0 aliphatic carbocycles. The average molecular weight is 388 g/mol. The third-order valence-corrected chi connectivity index (χ3v) is 4.84. The highest BCUT2D eigenvalue weighted by Crippen LogP contribution is 2.35. The Morgan fingerprint density at radius 1 is 1.32 bits per heavy atom. The summed E-state index contributed by atoms with van der Waals surface area (Å²) in [6, 6.07) is 3.79. The number of nitrogens with zero attached hydrogens (tertiary/aromatic N) is 2. The Morgan fingerprint density at radius 2 is 2.00 bits per heavy atom. The number of benzene rings is 1. The van der Waals surface area contributed by atoms with E-state index in [2.05, 4.69) is 26.1 Å². The van der Waals surface area contributed by atoms with Crippen molar-refractivity contribution in [2.45, 2.75) is 30.8 Å². The van der Waals surface area contributed by atoms with Gasteiger partial charge in [-0.2, -0.15) is 0 Å². The predicted octanol–water partition coefficient (Wildman–Crippen LogP) is 3.05. The Hall–Kier alpha value is -1.41. The fourth-order valence-corrected chi connectivity index (χ4v) is 3.60. The summed E-state index contributed by atoms with van der Waals surface area (Å²) in [5.41, 5.74) is 0.872. The largest absolute Gasteiger partial charge is 0.493 e. The number of halogens is 1. The lowest BCUT2D eigenvalue weighted by molar-refractivity contribution is 0.354. The molecular weight excluding hydrogens is 370 g/mol. The van der Waals surface area contributed by atoms with Crippen LogP contribution in [0.2, 0.25) is 0 Å². The average Bonchev–Trinajstić information content (AvgIpc) is 2.87. The van der Waals surface area contributed by atoms with E-state index in [1.165, 1.54) is 11.8 Å². The number of hydrogen-bond acceptors (Lipinski definition) is 5. The lowest BCUT2D eigenvalue weighted by Gasteiger charge is -2.11. The van der Waals surface area contributed by atoms with Crippen LogP contribution in [0.1, 0.15) is 18.9 Å². The Labute approximate surface area is 141 Å². The van der Waals surface area contributed by atoms with Crippen molar-refractivity contribution in [3.05, 3.63) is 32.7 Å². The highest BCUT2D eigenvalue weighted by Gasteiger charge is 2.13. The molecule has 2 aromatic rings. The molecule has 0 radical (unpaired) electrons. The second-order valence-electron chi connectivity index (χ2n) is 4.55. The fourth-order valence-electron chi connectivity index (χ4n) is 1.98. The smallest absolute Gasteiger partial charge is 0.343 e. The molecule has 0 atom stereocenters. The van der Waals surface area contributed by atoms with Crippen LogP contribution in [0.5, 0.6) is 11.5 Å². The normalized spacial score (nSPS) is 10.7. The summed E-state index contributed by atoms with van der Waals surface area (Å²) in [6.07, 6.45) is 0.882. The van der Waals surface area contributed by atoms with Crippen molar-refractivity contribution in [2.24, 2.45) is 0 Å². The molecular formula is C14H18BrN3O3S. The number of H-pyrrole nitrogens is 1. The van der Waals surface area contributed by atoms with Crippen molar-refractivity contribution in [3.63, 3.8) is 0 Å². The van der Waals surface area contributed by atoms with Crippen molar-refractivity contribution < 1.29 is 9.47 Å². The maximum atomic E-state index is 11.7. The Kier molecular flexibility index (Phi) is 5.96. The summed E-state index contributed by atoms with van der Waals surface area (Å²) in [5.74, 6) is 2.01. The summed E-state index contributed by atoms with van der Waals surface area (Å²) in [5, 5.41) is 7.25. The fraction of sp³-hybridized carbons (Fsp3) is 0.429. The molecule has 120 valence electrons. The van der Waals surface area contributed by atoms with Crippen LogP contribution in [0.25, 0.3) is 0 Å². The minimum Gasteiger partial charge on any atom is -0.493 e. The summed E-state index contributed by atoms with van der Waals surface area (Å²) in [7, 11) is 3.21. The van der Waals surface area contributed by atoms with Crippen LogP contribution < -0.4 is 15.2 Å². The van der Waals surface area contributed by atoms with E-state index in [1.54, 1.807) is 18.8 Å². The van der Waals surface area contributed by atoms with Crippen molar-refractivity contribution in [3.8, 4) is 11.5 Å². The lowest BCUT2D eigenvalue weighted by atomic mass is 10.2. The molecule has 1 heterocycles.